The summed E-state index contributed by atoms with van der Waals surface area (Å²) in [5.74, 6) is 1.96. The molecule has 2 aromatic rings. The molecule has 2 amide bonds. The molecule has 0 saturated carbocycles. The average molecular weight is 340 g/mol. The molecule has 1 aliphatic heterocycles. The van der Waals surface area contributed by atoms with Gasteiger partial charge in [0.05, 0.1) is 14.2 Å². The predicted octanol–water partition coefficient (Wildman–Crippen LogP) is 3.30. The molecule has 5 nitrogen and oxygen atoms in total. The number of hydrogen-bond acceptors (Lipinski definition) is 3. The highest BCUT2D eigenvalue weighted by atomic mass is 16.5. The second-order valence-electron chi connectivity index (χ2n) is 6.23. The zero-order valence-corrected chi connectivity index (χ0v) is 14.6. The van der Waals surface area contributed by atoms with Gasteiger partial charge in [0.1, 0.15) is 11.5 Å². The topological polar surface area (TPSA) is 59.6 Å². The predicted molar refractivity (Wildman–Crippen MR) is 97.4 cm³/mol. The fraction of sp³-hybridized carbons (Fsp3) is 0.350. The Morgan fingerprint density at radius 2 is 1.48 bits per heavy atom. The Hall–Kier alpha value is -2.69. The maximum Gasteiger partial charge on any atom is 0.315 e. The lowest BCUT2D eigenvalue weighted by Gasteiger charge is -2.20. The van der Waals surface area contributed by atoms with Crippen LogP contribution in [-0.2, 0) is 0 Å². The molecule has 1 atom stereocenters. The Kier molecular flexibility index (Phi) is 5.43. The van der Waals surface area contributed by atoms with E-state index < -0.39 is 0 Å². The van der Waals surface area contributed by atoms with Crippen LogP contribution in [0.1, 0.15) is 29.9 Å². The van der Waals surface area contributed by atoms with E-state index in [9.17, 15) is 4.79 Å². The number of carbonyl (C=O) groups is 1. The van der Waals surface area contributed by atoms with Crippen molar-refractivity contribution in [2.45, 2.75) is 24.8 Å². The number of methoxy groups -OCH3 is 2. The molecule has 0 aromatic heterocycles. The van der Waals surface area contributed by atoms with Gasteiger partial charge in [-0.15, -0.1) is 0 Å². The van der Waals surface area contributed by atoms with Crippen molar-refractivity contribution < 1.29 is 14.3 Å². The third kappa shape index (κ3) is 4.24. The Labute approximate surface area is 148 Å². The zero-order valence-electron chi connectivity index (χ0n) is 14.6. The Bertz CT molecular complexity index is 650. The van der Waals surface area contributed by atoms with E-state index >= 15 is 0 Å². The van der Waals surface area contributed by atoms with Crippen molar-refractivity contribution in [1.82, 2.24) is 10.6 Å². The molecule has 1 saturated heterocycles. The van der Waals surface area contributed by atoms with Crippen molar-refractivity contribution in [1.29, 1.82) is 0 Å². The van der Waals surface area contributed by atoms with E-state index in [1.54, 1.807) is 14.2 Å². The number of nitrogens with one attached hydrogen (secondary N) is 2. The number of hydrogen-bond donors (Lipinski definition) is 2. The van der Waals surface area contributed by atoms with E-state index in [4.69, 9.17) is 9.47 Å². The lowest BCUT2D eigenvalue weighted by molar-refractivity contribution is 0.247. The summed E-state index contributed by atoms with van der Waals surface area (Å²) in [6.45, 7) is 0.691. The molecular formula is C20H24N2O3. The van der Waals surface area contributed by atoms with Crippen LogP contribution in [0, 0.1) is 0 Å². The first-order valence-electron chi connectivity index (χ1n) is 8.52. The van der Waals surface area contributed by atoms with Crippen LogP contribution in [0.2, 0.25) is 0 Å². The molecule has 0 aliphatic carbocycles. The van der Waals surface area contributed by atoms with Gasteiger partial charge in [-0.25, -0.2) is 4.79 Å². The van der Waals surface area contributed by atoms with Crippen LogP contribution in [0.4, 0.5) is 4.79 Å². The number of ether oxygens (including phenoxy) is 2. The van der Waals surface area contributed by atoms with Gasteiger partial charge in [0.2, 0.25) is 0 Å². The molecular weight excluding hydrogens is 316 g/mol. The van der Waals surface area contributed by atoms with Crippen LogP contribution in [0.15, 0.2) is 48.5 Å². The highest BCUT2D eigenvalue weighted by Crippen LogP contribution is 2.32. The van der Waals surface area contributed by atoms with E-state index in [0.717, 1.165) is 24.3 Å². The molecule has 5 heteroatoms. The molecule has 2 N–H and O–H groups in total. The highest BCUT2D eigenvalue weighted by molar-refractivity contribution is 5.76. The molecule has 25 heavy (non-hydrogen) atoms. The van der Waals surface area contributed by atoms with E-state index in [-0.39, 0.29) is 18.0 Å². The molecule has 1 aliphatic rings. The van der Waals surface area contributed by atoms with Gasteiger partial charge in [0, 0.05) is 18.5 Å². The second kappa shape index (κ2) is 7.92. The van der Waals surface area contributed by atoms with E-state index in [1.807, 2.05) is 24.3 Å². The van der Waals surface area contributed by atoms with Gasteiger partial charge in [-0.05, 0) is 48.2 Å². The summed E-state index contributed by atoms with van der Waals surface area (Å²) in [4.78, 5) is 11.3. The van der Waals surface area contributed by atoms with Crippen LogP contribution in [-0.4, -0.2) is 32.8 Å². The van der Waals surface area contributed by atoms with Crippen LogP contribution in [0.3, 0.4) is 0 Å². The minimum atomic E-state index is -0.0737. The van der Waals surface area contributed by atoms with Crippen LogP contribution in [0.5, 0.6) is 11.5 Å². The number of carbonyl (C=O) groups excluding carboxylic acids is 1. The van der Waals surface area contributed by atoms with Crippen molar-refractivity contribution in [3.8, 4) is 11.5 Å². The van der Waals surface area contributed by atoms with Gasteiger partial charge in [-0.3, -0.25) is 0 Å². The SMILES string of the molecule is COc1ccc(C(CCC2CNC(=O)N2)c2ccc(OC)cc2)cc1. The number of urea groups is 1. The summed E-state index contributed by atoms with van der Waals surface area (Å²) in [6, 6.07) is 16.5. The Morgan fingerprint density at radius 1 is 0.960 bits per heavy atom. The molecule has 3 rings (SSSR count). The Morgan fingerprint density at radius 3 is 1.88 bits per heavy atom. The summed E-state index contributed by atoms with van der Waals surface area (Å²) in [7, 11) is 3.34. The average Bonchev–Trinajstić information content (AvgIpc) is 3.08. The standard InChI is InChI=1S/C20H24N2O3/c1-24-17-8-3-14(4-9-17)19(12-7-16-13-21-20(23)22-16)15-5-10-18(25-2)11-6-15/h3-6,8-11,16,19H,7,12-13H2,1-2H3,(H2,21,22,23). The van der Waals surface area contributed by atoms with Gasteiger partial charge in [-0.2, -0.15) is 0 Å². The second-order valence-corrected chi connectivity index (χ2v) is 6.23. The van der Waals surface area contributed by atoms with Gasteiger partial charge in [0.25, 0.3) is 0 Å². The number of rotatable bonds is 7. The quantitative estimate of drug-likeness (QED) is 0.813. The van der Waals surface area contributed by atoms with Gasteiger partial charge in [-0.1, -0.05) is 24.3 Å². The maximum atomic E-state index is 11.3. The first-order valence-corrected chi connectivity index (χ1v) is 8.52. The first kappa shape index (κ1) is 17.1. The third-order valence-corrected chi connectivity index (χ3v) is 4.68. The van der Waals surface area contributed by atoms with Crippen molar-refractivity contribution in [3.63, 3.8) is 0 Å². The van der Waals surface area contributed by atoms with Crippen molar-refractivity contribution >= 4 is 6.03 Å². The Balaban J connectivity index is 1.79. The lowest BCUT2D eigenvalue weighted by Crippen LogP contribution is -2.27. The molecule has 132 valence electrons. The minimum absolute atomic E-state index is 0.0737. The molecule has 1 heterocycles. The van der Waals surface area contributed by atoms with Crippen LogP contribution in [0.25, 0.3) is 0 Å². The fourth-order valence-electron chi connectivity index (χ4n) is 3.24. The minimum Gasteiger partial charge on any atom is -0.497 e. The molecule has 2 aromatic carbocycles. The molecule has 0 spiro atoms. The van der Waals surface area contributed by atoms with Crippen LogP contribution >= 0.6 is 0 Å². The summed E-state index contributed by atoms with van der Waals surface area (Å²) in [5, 5.41) is 5.78. The third-order valence-electron chi connectivity index (χ3n) is 4.68. The molecule has 0 bridgehead atoms. The molecule has 1 unspecified atom stereocenters. The monoisotopic (exact) mass is 340 g/mol. The van der Waals surface area contributed by atoms with E-state index in [2.05, 4.69) is 34.9 Å². The molecule has 1 fully saturated rings. The highest BCUT2D eigenvalue weighted by Gasteiger charge is 2.22. The van der Waals surface area contributed by atoms with E-state index in [0.29, 0.717) is 6.54 Å². The van der Waals surface area contributed by atoms with Crippen molar-refractivity contribution in [2.24, 2.45) is 0 Å². The largest absolute Gasteiger partial charge is 0.497 e. The summed E-state index contributed by atoms with van der Waals surface area (Å²) < 4.78 is 10.5. The van der Waals surface area contributed by atoms with Gasteiger partial charge < -0.3 is 20.1 Å². The van der Waals surface area contributed by atoms with Gasteiger partial charge in [0.15, 0.2) is 0 Å². The number of amides is 2. The van der Waals surface area contributed by atoms with Crippen LogP contribution < -0.4 is 20.1 Å². The maximum absolute atomic E-state index is 11.3. The van der Waals surface area contributed by atoms with Crippen molar-refractivity contribution in [2.75, 3.05) is 20.8 Å². The van der Waals surface area contributed by atoms with E-state index in [1.165, 1.54) is 11.1 Å². The summed E-state index contributed by atoms with van der Waals surface area (Å²) >= 11 is 0. The molecule has 0 radical (unpaired) electrons. The number of benzene rings is 2. The summed E-state index contributed by atoms with van der Waals surface area (Å²) in [5.41, 5.74) is 2.48. The van der Waals surface area contributed by atoms with Gasteiger partial charge >= 0.3 is 6.03 Å². The van der Waals surface area contributed by atoms with Crippen molar-refractivity contribution in [3.05, 3.63) is 59.7 Å². The normalized spacial score (nSPS) is 16.4. The zero-order chi connectivity index (χ0) is 17.6. The smallest absolute Gasteiger partial charge is 0.315 e. The lowest BCUT2D eigenvalue weighted by atomic mass is 9.86. The summed E-state index contributed by atoms with van der Waals surface area (Å²) in [6.07, 6.45) is 1.87. The fourth-order valence-corrected chi connectivity index (χ4v) is 3.24. The first-order chi connectivity index (χ1) is 12.2.